The van der Waals surface area contributed by atoms with Gasteiger partial charge >= 0.3 is 5.97 Å². The lowest BCUT2D eigenvalue weighted by molar-refractivity contribution is -0.136. The van der Waals surface area contributed by atoms with Crippen LogP contribution in [0.4, 0.5) is 5.69 Å². The fraction of sp³-hybridized carbons (Fsp3) is 0.238. The van der Waals surface area contributed by atoms with Crippen molar-refractivity contribution in [3.05, 3.63) is 64.3 Å². The Hall–Kier alpha value is -2.77. The van der Waals surface area contributed by atoms with E-state index in [0.717, 1.165) is 5.69 Å². The Morgan fingerprint density at radius 1 is 1.28 bits per heavy atom. The first-order valence-corrected chi connectivity index (χ1v) is 9.77. The minimum Gasteiger partial charge on any atom is -0.504 e. The van der Waals surface area contributed by atoms with Crippen molar-refractivity contribution in [2.24, 2.45) is 0 Å². The van der Waals surface area contributed by atoms with Gasteiger partial charge in [-0.3, -0.25) is 4.90 Å². The standard InChI is InChI=1S/C21H21ClN2O4S/c1-4-28-17-11-13(5-10-16(17)25)19-18(20(26)27-3)12(2)24(21(29)23-19)15-8-6-14(22)7-9-15/h5-11,19,25H,4H2,1-3H3,(H,23,29). The number of carbonyl (C=O) groups excluding carboxylic acids is 1. The van der Waals surface area contributed by atoms with E-state index in [0.29, 0.717) is 39.3 Å². The zero-order chi connectivity index (χ0) is 21.1. The van der Waals surface area contributed by atoms with Crippen molar-refractivity contribution in [1.82, 2.24) is 5.32 Å². The van der Waals surface area contributed by atoms with Crippen molar-refractivity contribution < 1.29 is 19.4 Å². The van der Waals surface area contributed by atoms with E-state index in [4.69, 9.17) is 33.3 Å². The van der Waals surface area contributed by atoms with E-state index in [1.807, 2.05) is 26.0 Å². The highest BCUT2D eigenvalue weighted by molar-refractivity contribution is 7.80. The van der Waals surface area contributed by atoms with Crippen molar-refractivity contribution >= 4 is 40.6 Å². The number of aromatic hydroxyl groups is 1. The zero-order valence-corrected chi connectivity index (χ0v) is 17.8. The maximum Gasteiger partial charge on any atom is 0.337 e. The fourth-order valence-corrected chi connectivity index (χ4v) is 3.74. The molecule has 0 spiro atoms. The number of nitrogens with one attached hydrogen (secondary N) is 1. The number of rotatable bonds is 5. The molecule has 1 heterocycles. The molecule has 2 N–H and O–H groups in total. The number of nitrogens with zero attached hydrogens (tertiary/aromatic N) is 1. The van der Waals surface area contributed by atoms with Crippen molar-refractivity contribution in [3.8, 4) is 11.5 Å². The maximum absolute atomic E-state index is 12.7. The highest BCUT2D eigenvalue weighted by Gasteiger charge is 2.35. The number of halogens is 1. The van der Waals surface area contributed by atoms with Crippen molar-refractivity contribution in [3.63, 3.8) is 0 Å². The second-order valence-corrected chi connectivity index (χ2v) is 7.17. The average Bonchev–Trinajstić information content (AvgIpc) is 2.70. The van der Waals surface area contributed by atoms with Crippen LogP contribution in [0.1, 0.15) is 25.5 Å². The van der Waals surface area contributed by atoms with Crippen LogP contribution in [0.3, 0.4) is 0 Å². The summed E-state index contributed by atoms with van der Waals surface area (Å²) >= 11 is 11.6. The Balaban J connectivity index is 2.12. The minimum atomic E-state index is -0.557. The largest absolute Gasteiger partial charge is 0.504 e. The van der Waals surface area contributed by atoms with E-state index >= 15 is 0 Å². The van der Waals surface area contributed by atoms with E-state index in [9.17, 15) is 9.90 Å². The predicted molar refractivity (Wildman–Crippen MR) is 116 cm³/mol. The van der Waals surface area contributed by atoms with Gasteiger partial charge in [-0.1, -0.05) is 17.7 Å². The smallest absolute Gasteiger partial charge is 0.337 e. The van der Waals surface area contributed by atoms with E-state index in [2.05, 4.69) is 5.32 Å². The lowest BCUT2D eigenvalue weighted by Crippen LogP contribution is -2.48. The summed E-state index contributed by atoms with van der Waals surface area (Å²) in [5, 5.41) is 14.2. The molecule has 6 nitrogen and oxygen atoms in total. The van der Waals surface area contributed by atoms with Gasteiger partial charge in [0.25, 0.3) is 0 Å². The van der Waals surface area contributed by atoms with E-state index in [1.165, 1.54) is 13.2 Å². The summed E-state index contributed by atoms with van der Waals surface area (Å²) in [5.41, 5.74) is 2.53. The van der Waals surface area contributed by atoms with Crippen LogP contribution >= 0.6 is 23.8 Å². The molecule has 1 aliphatic rings. The van der Waals surface area contributed by atoms with Gasteiger partial charge in [0.05, 0.1) is 25.3 Å². The Bertz CT molecular complexity index is 975. The average molecular weight is 433 g/mol. The fourth-order valence-electron chi connectivity index (χ4n) is 3.25. The number of hydrogen-bond acceptors (Lipinski definition) is 5. The van der Waals surface area contributed by atoms with Crippen LogP contribution in [0.5, 0.6) is 11.5 Å². The number of phenolic OH excluding ortho intramolecular Hbond substituents is 1. The first-order valence-electron chi connectivity index (χ1n) is 8.98. The third-order valence-corrected chi connectivity index (χ3v) is 5.14. The number of phenols is 1. The molecule has 2 aromatic rings. The van der Waals surface area contributed by atoms with Crippen LogP contribution in [0.25, 0.3) is 0 Å². The van der Waals surface area contributed by atoms with Crippen molar-refractivity contribution in [1.29, 1.82) is 0 Å². The number of hydrogen-bond donors (Lipinski definition) is 2. The van der Waals surface area contributed by atoms with E-state index in [1.54, 1.807) is 29.2 Å². The molecule has 0 bridgehead atoms. The SMILES string of the molecule is CCOc1cc(C2NC(=S)N(c3ccc(Cl)cc3)C(C)=C2C(=O)OC)ccc1O. The van der Waals surface area contributed by atoms with Crippen LogP contribution in [0.2, 0.25) is 5.02 Å². The van der Waals surface area contributed by atoms with Gasteiger partial charge in [0.1, 0.15) is 0 Å². The number of benzene rings is 2. The Kier molecular flexibility index (Phi) is 6.30. The highest BCUT2D eigenvalue weighted by Crippen LogP contribution is 2.37. The maximum atomic E-state index is 12.7. The summed E-state index contributed by atoms with van der Waals surface area (Å²) in [6.07, 6.45) is 0. The summed E-state index contributed by atoms with van der Waals surface area (Å²) < 4.78 is 10.5. The second kappa shape index (κ2) is 8.71. The molecule has 0 aromatic heterocycles. The van der Waals surface area contributed by atoms with Crippen LogP contribution in [-0.4, -0.2) is 29.9 Å². The van der Waals surface area contributed by atoms with E-state index in [-0.39, 0.29) is 5.75 Å². The van der Waals surface area contributed by atoms with Gasteiger partial charge in [0, 0.05) is 16.4 Å². The molecular formula is C21H21ClN2O4S. The first-order chi connectivity index (χ1) is 13.9. The molecule has 1 unspecified atom stereocenters. The highest BCUT2D eigenvalue weighted by atomic mass is 35.5. The summed E-state index contributed by atoms with van der Waals surface area (Å²) in [4.78, 5) is 14.4. The van der Waals surface area contributed by atoms with Gasteiger partial charge in [-0.2, -0.15) is 0 Å². The molecule has 8 heteroatoms. The molecule has 0 radical (unpaired) electrons. The number of carbonyl (C=O) groups is 1. The quantitative estimate of drug-likeness (QED) is 0.538. The Labute approximate surface area is 179 Å². The van der Waals surface area contributed by atoms with Gasteiger partial charge in [-0.05, 0) is 68.0 Å². The number of ether oxygens (including phenoxy) is 2. The molecule has 0 fully saturated rings. The summed E-state index contributed by atoms with van der Waals surface area (Å²) in [5.74, 6) is -0.121. The molecule has 152 valence electrons. The van der Waals surface area contributed by atoms with Crippen LogP contribution < -0.4 is 15.0 Å². The number of methoxy groups -OCH3 is 1. The first kappa shape index (κ1) is 21.0. The Morgan fingerprint density at radius 2 is 1.97 bits per heavy atom. The molecule has 0 aliphatic carbocycles. The molecule has 2 aromatic carbocycles. The van der Waals surface area contributed by atoms with Gasteiger partial charge < -0.3 is 19.9 Å². The minimum absolute atomic E-state index is 0.0251. The number of anilines is 1. The number of esters is 1. The molecule has 0 saturated heterocycles. The van der Waals surface area contributed by atoms with Gasteiger partial charge in [-0.25, -0.2) is 4.79 Å². The van der Waals surface area contributed by atoms with Crippen LogP contribution in [-0.2, 0) is 9.53 Å². The lowest BCUT2D eigenvalue weighted by Gasteiger charge is -2.37. The second-order valence-electron chi connectivity index (χ2n) is 6.35. The molecule has 1 atom stereocenters. The third kappa shape index (κ3) is 4.16. The summed E-state index contributed by atoms with van der Waals surface area (Å²) in [6, 6.07) is 11.5. The third-order valence-electron chi connectivity index (χ3n) is 4.59. The molecule has 1 aliphatic heterocycles. The van der Waals surface area contributed by atoms with Gasteiger partial charge in [-0.15, -0.1) is 0 Å². The Morgan fingerprint density at radius 3 is 2.59 bits per heavy atom. The number of allylic oxidation sites excluding steroid dienone is 1. The van der Waals surface area contributed by atoms with Crippen molar-refractivity contribution in [2.45, 2.75) is 19.9 Å². The van der Waals surface area contributed by atoms with Crippen LogP contribution in [0.15, 0.2) is 53.7 Å². The van der Waals surface area contributed by atoms with Gasteiger partial charge in [0.15, 0.2) is 16.6 Å². The molecular weight excluding hydrogens is 412 g/mol. The molecule has 29 heavy (non-hydrogen) atoms. The van der Waals surface area contributed by atoms with E-state index < -0.39 is 12.0 Å². The predicted octanol–water partition coefficient (Wildman–Crippen LogP) is 4.33. The summed E-state index contributed by atoms with van der Waals surface area (Å²) in [7, 11) is 1.33. The topological polar surface area (TPSA) is 71.0 Å². The number of thiocarbonyl (C=S) groups is 1. The van der Waals surface area contributed by atoms with Crippen molar-refractivity contribution in [2.75, 3.05) is 18.6 Å². The molecule has 3 rings (SSSR count). The normalized spacial score (nSPS) is 16.5. The summed E-state index contributed by atoms with van der Waals surface area (Å²) in [6.45, 7) is 4.04. The molecule has 0 saturated carbocycles. The molecule has 0 amide bonds. The van der Waals surface area contributed by atoms with Gasteiger partial charge in [0.2, 0.25) is 0 Å². The lowest BCUT2D eigenvalue weighted by atomic mass is 9.94. The monoisotopic (exact) mass is 432 g/mol. The van der Waals surface area contributed by atoms with Crippen LogP contribution in [0, 0.1) is 0 Å². The zero-order valence-electron chi connectivity index (χ0n) is 16.2.